The lowest BCUT2D eigenvalue weighted by molar-refractivity contribution is -0.302. The minimum atomic E-state index is -2.51. The summed E-state index contributed by atoms with van der Waals surface area (Å²) in [6.07, 6.45) is 4.67. The van der Waals surface area contributed by atoms with E-state index >= 15 is 0 Å². The Bertz CT molecular complexity index is 1480. The molecule has 3 N–H and O–H groups in total. The highest BCUT2D eigenvalue weighted by Gasteiger charge is 2.56. The van der Waals surface area contributed by atoms with Gasteiger partial charge in [0.1, 0.15) is 24.0 Å². The number of fused-ring (bicyclic) bond motifs is 3. The van der Waals surface area contributed by atoms with E-state index in [1.165, 1.54) is 26.2 Å². The number of carbonyl (C=O) groups is 4. The molecule has 1 aliphatic carbocycles. The van der Waals surface area contributed by atoms with Crippen LogP contribution in [-0.4, -0.2) is 126 Å². The lowest BCUT2D eigenvalue weighted by atomic mass is 9.79. The van der Waals surface area contributed by atoms with Gasteiger partial charge < -0.3 is 43.9 Å². The minimum Gasteiger partial charge on any atom is -0.456 e. The van der Waals surface area contributed by atoms with Crippen molar-refractivity contribution in [2.75, 3.05) is 27.9 Å². The number of esters is 1. The van der Waals surface area contributed by atoms with Crippen LogP contribution >= 0.6 is 0 Å². The van der Waals surface area contributed by atoms with Crippen molar-refractivity contribution >= 4 is 23.4 Å². The molecule has 0 aromatic carbocycles. The normalized spacial score (nSPS) is 41.9. The maximum atomic E-state index is 14.3. The van der Waals surface area contributed by atoms with E-state index in [4.69, 9.17) is 23.7 Å². The van der Waals surface area contributed by atoms with Crippen LogP contribution < -0.4 is 0 Å². The molecule has 14 atom stereocenters. The van der Waals surface area contributed by atoms with Gasteiger partial charge in [-0.25, -0.2) is 4.79 Å². The van der Waals surface area contributed by atoms with Crippen molar-refractivity contribution in [3.63, 3.8) is 0 Å². The summed E-state index contributed by atoms with van der Waals surface area (Å²) >= 11 is 0. The van der Waals surface area contributed by atoms with Crippen LogP contribution in [0.15, 0.2) is 36.0 Å². The van der Waals surface area contributed by atoms with Gasteiger partial charge >= 0.3 is 5.97 Å². The summed E-state index contributed by atoms with van der Waals surface area (Å²) in [5.41, 5.74) is 1.62. The molecule has 4 rings (SSSR count). The smallest absolute Gasteiger partial charge is 0.329 e. The van der Waals surface area contributed by atoms with Crippen molar-refractivity contribution in [2.24, 2.45) is 29.6 Å². The van der Waals surface area contributed by atoms with E-state index in [2.05, 4.69) is 6.58 Å². The number of methoxy groups -OCH3 is 3. The molecule has 3 heterocycles. The summed E-state index contributed by atoms with van der Waals surface area (Å²) in [6.45, 7) is 13.2. The maximum absolute atomic E-state index is 14.3. The van der Waals surface area contributed by atoms with Gasteiger partial charge in [0.15, 0.2) is 0 Å². The van der Waals surface area contributed by atoms with Gasteiger partial charge in [-0.3, -0.25) is 14.4 Å². The van der Waals surface area contributed by atoms with E-state index in [1.807, 2.05) is 39.8 Å². The molecule has 13 nitrogen and oxygen atoms in total. The van der Waals surface area contributed by atoms with E-state index in [-0.39, 0.29) is 43.4 Å². The minimum absolute atomic E-state index is 0.0107. The summed E-state index contributed by atoms with van der Waals surface area (Å²) < 4.78 is 29.9. The quantitative estimate of drug-likeness (QED) is 0.193. The van der Waals surface area contributed by atoms with E-state index in [1.54, 1.807) is 13.0 Å². The second-order valence-corrected chi connectivity index (χ2v) is 17.3. The van der Waals surface area contributed by atoms with Crippen molar-refractivity contribution in [3.8, 4) is 0 Å². The fraction of sp³-hybridized carbons (Fsp3) is 0.773. The van der Waals surface area contributed by atoms with E-state index in [9.17, 15) is 34.5 Å². The number of ketones is 2. The summed E-state index contributed by atoms with van der Waals surface area (Å²) in [6, 6.07) is -1.10. The van der Waals surface area contributed by atoms with E-state index < -0.39 is 90.0 Å². The number of ether oxygens (including phenoxy) is 5. The Balaban J connectivity index is 1.78. The number of piperidine rings is 1. The lowest BCUT2D eigenvalue weighted by Gasteiger charge is -2.47. The molecule has 0 aromatic rings. The van der Waals surface area contributed by atoms with Gasteiger partial charge in [0, 0.05) is 58.0 Å². The molecule has 3 fully saturated rings. The average molecular weight is 804 g/mol. The van der Waals surface area contributed by atoms with Crippen LogP contribution in [0.5, 0.6) is 0 Å². The number of rotatable bonds is 6. The zero-order valence-electron chi connectivity index (χ0n) is 35.4. The molecule has 0 aromatic heterocycles. The number of carbonyl (C=O) groups excluding carboxylic acids is 4. The molecule has 0 spiro atoms. The standard InChI is InChI=1S/C44H69NO12/c1-10-13-30-19-25(2)18-26(3)20-37(54-8)40-38(55-9)22-29(6)44(52,57-40)41(49)42(50)45-17-12-11-14-32(45)43(51)56-39(31-15-16-33(46)36(23-31)53-7)28(5)21-27(4)34(47)24-35(30)48/h10,19,21,26-27,29-34,36-40,46-47,52H,1,11-18,20,22-24H2,2-9H3/b25-19+,28-21+/t26-,27-,29+,30+,31+,32-,33+,34-,36+,37-,38+,39-,40+,44+/m0/s1. The van der Waals surface area contributed by atoms with E-state index in [0.717, 1.165) is 5.57 Å². The van der Waals surface area contributed by atoms with Crippen molar-refractivity contribution in [1.29, 1.82) is 0 Å². The number of nitrogens with zero attached hydrogens (tertiary/aromatic N) is 1. The first-order chi connectivity index (χ1) is 27.0. The van der Waals surface area contributed by atoms with Crippen LogP contribution in [0, 0.1) is 29.6 Å². The largest absolute Gasteiger partial charge is 0.456 e. The first-order valence-electron chi connectivity index (χ1n) is 20.9. The van der Waals surface area contributed by atoms with Gasteiger partial charge in [0.2, 0.25) is 5.79 Å². The predicted octanol–water partition coefficient (Wildman–Crippen LogP) is 4.64. The zero-order chi connectivity index (χ0) is 42.2. The van der Waals surface area contributed by atoms with Gasteiger partial charge in [0.05, 0.1) is 30.5 Å². The van der Waals surface area contributed by atoms with Crippen LogP contribution in [0.4, 0.5) is 0 Å². The molecule has 1 amide bonds. The third-order valence-corrected chi connectivity index (χ3v) is 12.9. The average Bonchev–Trinajstić information content (AvgIpc) is 3.18. The zero-order valence-corrected chi connectivity index (χ0v) is 35.4. The fourth-order valence-electron chi connectivity index (χ4n) is 9.45. The molecule has 0 unspecified atom stereocenters. The Morgan fingerprint density at radius 1 is 0.877 bits per heavy atom. The topological polar surface area (TPSA) is 178 Å². The monoisotopic (exact) mass is 803 g/mol. The van der Waals surface area contributed by atoms with Crippen molar-refractivity contribution in [3.05, 3.63) is 36.0 Å². The van der Waals surface area contributed by atoms with Crippen molar-refractivity contribution in [2.45, 2.75) is 160 Å². The number of aliphatic hydroxyl groups is 3. The molecule has 322 valence electrons. The highest BCUT2D eigenvalue weighted by atomic mass is 16.7. The summed E-state index contributed by atoms with van der Waals surface area (Å²) in [4.78, 5) is 57.7. The fourth-order valence-corrected chi connectivity index (χ4v) is 9.45. The molecular weight excluding hydrogens is 734 g/mol. The van der Waals surface area contributed by atoms with Crippen molar-refractivity contribution in [1.82, 2.24) is 4.90 Å². The second-order valence-electron chi connectivity index (χ2n) is 17.3. The Hall–Kier alpha value is -2.78. The van der Waals surface area contributed by atoms with Crippen LogP contribution in [0.25, 0.3) is 0 Å². The third kappa shape index (κ3) is 11.3. The molecule has 2 saturated heterocycles. The van der Waals surface area contributed by atoms with Gasteiger partial charge in [-0.15, -0.1) is 6.58 Å². The van der Waals surface area contributed by atoms with Crippen LogP contribution in [-0.2, 0) is 42.9 Å². The first-order valence-corrected chi connectivity index (χ1v) is 20.9. The summed E-state index contributed by atoms with van der Waals surface area (Å²) in [5, 5.41) is 34.0. The first kappa shape index (κ1) is 46.9. The van der Waals surface area contributed by atoms with Gasteiger partial charge in [-0.1, -0.05) is 44.6 Å². The molecule has 1 saturated carbocycles. The number of amides is 1. The molecule has 0 radical (unpaired) electrons. The summed E-state index contributed by atoms with van der Waals surface area (Å²) in [5.74, 6) is -7.58. The number of hydrogen-bond donors (Lipinski definition) is 3. The highest BCUT2D eigenvalue weighted by Crippen LogP contribution is 2.39. The number of Topliss-reactive ketones (excluding diaryl/α,β-unsaturated/α-hetero) is 2. The number of allylic oxidation sites excluding steroid dienone is 3. The van der Waals surface area contributed by atoms with Crippen LogP contribution in [0.3, 0.4) is 0 Å². The van der Waals surface area contributed by atoms with Gasteiger partial charge in [0.25, 0.3) is 11.7 Å². The molecule has 57 heavy (non-hydrogen) atoms. The number of aliphatic hydroxyl groups excluding tert-OH is 2. The van der Waals surface area contributed by atoms with Gasteiger partial charge in [-0.05, 0) is 89.5 Å². The SMILES string of the molecule is C=CC[C@@H]1/C=C(\C)C[C@H](C)C[C@H](OC)[C@H]2O[C@@](O)(C(=O)C(=O)N3CCCC[C@H]3C(=O)O[C@H]([C@@H]3CC[C@@H](O)[C@H](OC)C3)/C(C)=C/[C@H](C)[C@@H](O)CC1=O)[C@H](C)C[C@H]2OC. The molecular formula is C44H69NO12. The Kier molecular flexibility index (Phi) is 17.2. The van der Waals surface area contributed by atoms with Crippen LogP contribution in [0.2, 0.25) is 0 Å². The summed E-state index contributed by atoms with van der Waals surface area (Å²) in [7, 11) is 4.58. The Labute approximate surface area is 339 Å². The predicted molar refractivity (Wildman–Crippen MR) is 213 cm³/mol. The maximum Gasteiger partial charge on any atom is 0.329 e. The molecule has 2 bridgehead atoms. The number of hydrogen-bond acceptors (Lipinski definition) is 12. The molecule has 13 heteroatoms. The second kappa shape index (κ2) is 21.0. The molecule has 3 aliphatic heterocycles. The molecule has 4 aliphatic rings. The van der Waals surface area contributed by atoms with Crippen molar-refractivity contribution < 1.29 is 58.2 Å². The van der Waals surface area contributed by atoms with Gasteiger partial charge in [-0.2, -0.15) is 0 Å². The third-order valence-electron chi connectivity index (χ3n) is 12.9. The van der Waals surface area contributed by atoms with E-state index in [0.29, 0.717) is 56.9 Å². The lowest BCUT2D eigenvalue weighted by Crippen LogP contribution is -2.64. The Morgan fingerprint density at radius 2 is 1.54 bits per heavy atom. The number of cyclic esters (lactones) is 1. The van der Waals surface area contributed by atoms with Crippen LogP contribution in [0.1, 0.15) is 105 Å². The highest BCUT2D eigenvalue weighted by molar-refractivity contribution is 6.39. The Morgan fingerprint density at radius 3 is 2.19 bits per heavy atom.